The van der Waals surface area contributed by atoms with Crippen molar-refractivity contribution in [2.45, 2.75) is 6.42 Å². The van der Waals surface area contributed by atoms with Gasteiger partial charge in [0.2, 0.25) is 5.91 Å². The minimum Gasteiger partial charge on any atom is -0.482 e. The number of carboxylic acid groups (broad SMARTS) is 1. The molecule has 1 fully saturated rings. The summed E-state index contributed by atoms with van der Waals surface area (Å²) in [7, 11) is 0. The number of nitrogens with one attached hydrogen (secondary N) is 1. The summed E-state index contributed by atoms with van der Waals surface area (Å²) in [5.41, 5.74) is 1.13. The Bertz CT molecular complexity index is 613. The topological polar surface area (TPSA) is 95.9 Å². The van der Waals surface area contributed by atoms with Crippen LogP contribution in [0, 0.1) is 5.92 Å². The fraction of sp³-hybridized carbons (Fsp3) is 0.308. The zero-order valence-electron chi connectivity index (χ0n) is 10.5. The highest BCUT2D eigenvalue weighted by Crippen LogP contribution is 2.34. The van der Waals surface area contributed by atoms with Crippen LogP contribution in [-0.2, 0) is 14.4 Å². The van der Waals surface area contributed by atoms with Gasteiger partial charge in [-0.1, -0.05) is 0 Å². The fourth-order valence-electron chi connectivity index (χ4n) is 2.35. The van der Waals surface area contributed by atoms with E-state index in [0.29, 0.717) is 17.1 Å². The van der Waals surface area contributed by atoms with Crippen molar-refractivity contribution < 1.29 is 24.2 Å². The molecule has 1 atom stereocenters. The molecule has 2 aliphatic heterocycles. The molecule has 20 heavy (non-hydrogen) atoms. The lowest BCUT2D eigenvalue weighted by atomic mass is 10.1. The quantitative estimate of drug-likeness (QED) is 0.817. The number of anilines is 2. The number of fused-ring (bicyclic) bond motifs is 1. The lowest BCUT2D eigenvalue weighted by molar-refractivity contribution is -0.141. The lowest BCUT2D eigenvalue weighted by Gasteiger charge is -2.21. The Morgan fingerprint density at radius 3 is 2.90 bits per heavy atom. The second-order valence-electron chi connectivity index (χ2n) is 4.76. The number of hydrogen-bond acceptors (Lipinski definition) is 4. The fourth-order valence-corrected chi connectivity index (χ4v) is 2.35. The third-order valence-corrected chi connectivity index (χ3v) is 3.38. The van der Waals surface area contributed by atoms with Gasteiger partial charge in [-0.25, -0.2) is 0 Å². The van der Waals surface area contributed by atoms with Gasteiger partial charge in [0.15, 0.2) is 6.61 Å². The van der Waals surface area contributed by atoms with Crippen LogP contribution in [0.25, 0.3) is 0 Å². The van der Waals surface area contributed by atoms with Crippen molar-refractivity contribution in [3.63, 3.8) is 0 Å². The van der Waals surface area contributed by atoms with Crippen LogP contribution in [0.15, 0.2) is 18.2 Å². The molecule has 1 unspecified atom stereocenters. The maximum absolute atomic E-state index is 11.9. The molecule has 7 nitrogen and oxygen atoms in total. The number of carbonyl (C=O) groups is 3. The molecule has 0 bridgehead atoms. The van der Waals surface area contributed by atoms with Crippen LogP contribution in [0.5, 0.6) is 5.75 Å². The maximum atomic E-state index is 11.9. The van der Waals surface area contributed by atoms with E-state index in [1.54, 1.807) is 18.2 Å². The minimum atomic E-state index is -0.970. The molecule has 0 aromatic heterocycles. The second-order valence-corrected chi connectivity index (χ2v) is 4.76. The summed E-state index contributed by atoms with van der Waals surface area (Å²) >= 11 is 0. The molecule has 0 aliphatic carbocycles. The van der Waals surface area contributed by atoms with Crippen molar-refractivity contribution in [1.29, 1.82) is 0 Å². The third-order valence-electron chi connectivity index (χ3n) is 3.38. The molecule has 1 aromatic rings. The van der Waals surface area contributed by atoms with Crippen LogP contribution in [0.2, 0.25) is 0 Å². The Balaban J connectivity index is 1.86. The van der Waals surface area contributed by atoms with Gasteiger partial charge in [-0.05, 0) is 12.1 Å². The molecule has 0 saturated carbocycles. The normalized spacial score (nSPS) is 21.2. The van der Waals surface area contributed by atoms with Gasteiger partial charge in [-0.15, -0.1) is 0 Å². The van der Waals surface area contributed by atoms with Crippen LogP contribution < -0.4 is 15.0 Å². The number of carbonyl (C=O) groups excluding carboxylic acids is 2. The zero-order chi connectivity index (χ0) is 14.3. The van der Waals surface area contributed by atoms with E-state index in [2.05, 4.69) is 5.32 Å². The largest absolute Gasteiger partial charge is 0.482 e. The van der Waals surface area contributed by atoms with Crippen molar-refractivity contribution in [3.8, 4) is 5.75 Å². The first-order valence-electron chi connectivity index (χ1n) is 6.14. The Morgan fingerprint density at radius 2 is 2.20 bits per heavy atom. The molecule has 104 valence electrons. The van der Waals surface area contributed by atoms with Crippen molar-refractivity contribution >= 4 is 29.2 Å². The molecule has 2 amide bonds. The number of ether oxygens (including phenoxy) is 1. The van der Waals surface area contributed by atoms with Gasteiger partial charge in [0.05, 0.1) is 11.6 Å². The standard InChI is InChI=1S/C13H12N2O5/c16-11-6-20-10-4-8(1-2-9(10)14-11)15-5-7(13(18)19)3-12(15)17/h1-2,4,7H,3,5-6H2,(H,14,16)(H,18,19). The van der Waals surface area contributed by atoms with Gasteiger partial charge in [0.25, 0.3) is 5.91 Å². The first-order chi connectivity index (χ1) is 9.54. The van der Waals surface area contributed by atoms with Crippen LogP contribution in [0.3, 0.4) is 0 Å². The summed E-state index contributed by atoms with van der Waals surface area (Å²) in [6.07, 6.45) is 0.00398. The number of amides is 2. The van der Waals surface area contributed by atoms with E-state index in [1.807, 2.05) is 0 Å². The molecule has 2 heterocycles. The number of aliphatic carboxylic acids is 1. The van der Waals surface area contributed by atoms with Crippen LogP contribution in [-0.4, -0.2) is 36.0 Å². The molecule has 7 heteroatoms. The van der Waals surface area contributed by atoms with Gasteiger partial charge in [0, 0.05) is 24.7 Å². The Labute approximate surface area is 114 Å². The summed E-state index contributed by atoms with van der Waals surface area (Å²) in [6, 6.07) is 4.94. The summed E-state index contributed by atoms with van der Waals surface area (Å²) in [5.74, 6) is -1.62. The van der Waals surface area contributed by atoms with E-state index in [9.17, 15) is 14.4 Å². The van der Waals surface area contributed by atoms with Crippen molar-refractivity contribution in [2.75, 3.05) is 23.4 Å². The molecule has 0 radical (unpaired) electrons. The summed E-state index contributed by atoms with van der Waals surface area (Å²) in [5, 5.41) is 11.6. The van der Waals surface area contributed by atoms with Gasteiger partial charge < -0.3 is 20.1 Å². The Kier molecular flexibility index (Phi) is 2.81. The van der Waals surface area contributed by atoms with Gasteiger partial charge >= 0.3 is 5.97 Å². The Hall–Kier alpha value is -2.57. The van der Waals surface area contributed by atoms with E-state index < -0.39 is 11.9 Å². The van der Waals surface area contributed by atoms with E-state index in [4.69, 9.17) is 9.84 Å². The predicted molar refractivity (Wildman–Crippen MR) is 68.7 cm³/mol. The number of benzene rings is 1. The smallest absolute Gasteiger partial charge is 0.308 e. The number of rotatable bonds is 2. The molecule has 1 aromatic carbocycles. The van der Waals surface area contributed by atoms with Gasteiger partial charge in [0.1, 0.15) is 5.75 Å². The molecule has 0 spiro atoms. The van der Waals surface area contributed by atoms with Crippen LogP contribution >= 0.6 is 0 Å². The van der Waals surface area contributed by atoms with Crippen molar-refractivity contribution in [3.05, 3.63) is 18.2 Å². The first kappa shape index (κ1) is 12.5. The van der Waals surface area contributed by atoms with Gasteiger partial charge in [-0.2, -0.15) is 0 Å². The molecule has 2 aliphatic rings. The number of nitrogens with zero attached hydrogens (tertiary/aromatic N) is 1. The lowest BCUT2D eigenvalue weighted by Crippen LogP contribution is -2.27. The number of hydrogen-bond donors (Lipinski definition) is 2. The van der Waals surface area contributed by atoms with Crippen molar-refractivity contribution in [2.24, 2.45) is 5.92 Å². The molecular weight excluding hydrogens is 264 g/mol. The predicted octanol–water partition coefficient (Wildman–Crippen LogP) is 0.455. The maximum Gasteiger partial charge on any atom is 0.308 e. The summed E-state index contributed by atoms with van der Waals surface area (Å²) < 4.78 is 5.28. The van der Waals surface area contributed by atoms with E-state index in [1.165, 1.54) is 4.90 Å². The van der Waals surface area contributed by atoms with E-state index in [-0.39, 0.29) is 31.4 Å². The molecule has 3 rings (SSSR count). The second kappa shape index (κ2) is 4.52. The third kappa shape index (κ3) is 2.07. The average molecular weight is 276 g/mol. The Morgan fingerprint density at radius 1 is 1.40 bits per heavy atom. The SMILES string of the molecule is O=C1COc2cc(N3CC(C(=O)O)CC3=O)ccc2N1. The highest BCUT2D eigenvalue weighted by Gasteiger charge is 2.35. The van der Waals surface area contributed by atoms with E-state index >= 15 is 0 Å². The van der Waals surface area contributed by atoms with E-state index in [0.717, 1.165) is 0 Å². The highest BCUT2D eigenvalue weighted by atomic mass is 16.5. The molecular formula is C13H12N2O5. The first-order valence-corrected chi connectivity index (χ1v) is 6.14. The summed E-state index contributed by atoms with van der Waals surface area (Å²) in [4.78, 5) is 35.4. The van der Waals surface area contributed by atoms with Gasteiger partial charge in [-0.3, -0.25) is 14.4 Å². The van der Waals surface area contributed by atoms with Crippen molar-refractivity contribution in [1.82, 2.24) is 0 Å². The monoisotopic (exact) mass is 276 g/mol. The molecule has 2 N–H and O–H groups in total. The average Bonchev–Trinajstić information content (AvgIpc) is 2.80. The van der Waals surface area contributed by atoms with Crippen LogP contribution in [0.4, 0.5) is 11.4 Å². The zero-order valence-corrected chi connectivity index (χ0v) is 10.5. The van der Waals surface area contributed by atoms with Crippen LogP contribution in [0.1, 0.15) is 6.42 Å². The highest BCUT2D eigenvalue weighted by molar-refractivity contribution is 6.00. The minimum absolute atomic E-state index is 0.00398. The molecule has 1 saturated heterocycles. The number of carboxylic acids is 1. The summed E-state index contributed by atoms with van der Waals surface area (Å²) in [6.45, 7) is 0.0848.